The number of carbonyl (C=O) groups excluding carboxylic acids is 2. The van der Waals surface area contributed by atoms with E-state index in [1.54, 1.807) is 0 Å². The highest BCUT2D eigenvalue weighted by molar-refractivity contribution is 7.47. The normalized spacial score (nSPS) is 13.8. The predicted octanol–water partition coefficient (Wildman–Crippen LogP) is 15.3. The number of phosphoric acid groups is 1. The maximum atomic E-state index is 12.7. The maximum Gasteiger partial charge on any atom is 0.472 e. The Balaban J connectivity index is 4.18. The van der Waals surface area contributed by atoms with E-state index in [4.69, 9.17) is 23.6 Å². The van der Waals surface area contributed by atoms with Gasteiger partial charge in [-0.05, 0) is 44.9 Å². The van der Waals surface area contributed by atoms with Crippen molar-refractivity contribution in [3.05, 3.63) is 24.3 Å². The molecule has 378 valence electrons. The lowest BCUT2D eigenvalue weighted by molar-refractivity contribution is -0.161. The number of ether oxygens (including phenoxy) is 2. The lowest BCUT2D eigenvalue weighted by Crippen LogP contribution is -2.29. The third kappa shape index (κ3) is 48.4. The molecule has 10 nitrogen and oxygen atoms in total. The second-order valence-electron chi connectivity index (χ2n) is 18.2. The average molecular weight is 929 g/mol. The van der Waals surface area contributed by atoms with Gasteiger partial charge in [-0.3, -0.25) is 18.6 Å². The zero-order chi connectivity index (χ0) is 46.9. The van der Waals surface area contributed by atoms with Crippen LogP contribution in [0.25, 0.3) is 0 Å². The van der Waals surface area contributed by atoms with Gasteiger partial charge >= 0.3 is 19.8 Å². The number of rotatable bonds is 51. The van der Waals surface area contributed by atoms with Gasteiger partial charge in [0.1, 0.15) is 12.7 Å². The van der Waals surface area contributed by atoms with E-state index in [1.165, 1.54) is 180 Å². The first kappa shape index (κ1) is 62.4. The van der Waals surface area contributed by atoms with Crippen molar-refractivity contribution in [2.75, 3.05) is 26.4 Å². The molecule has 0 aliphatic heterocycles. The summed E-state index contributed by atoms with van der Waals surface area (Å²) in [6.45, 7) is 2.40. The summed E-state index contributed by atoms with van der Waals surface area (Å²) >= 11 is 0. The SMILES string of the molecule is CCCCCCCCCCCCCCCC/C=C/CC/C=C/CCCC(=O)O[C@H](COC(=O)CCCCCCCCCCCCCCCCCCCC)COP(=O)(O)OC[C@@H](O)CO. The summed E-state index contributed by atoms with van der Waals surface area (Å²) in [5, 5.41) is 18.4. The smallest absolute Gasteiger partial charge is 0.462 e. The Hall–Kier alpha value is -1.55. The fourth-order valence-corrected chi connectivity index (χ4v) is 8.51. The molecule has 0 saturated carbocycles. The molecule has 0 aromatic heterocycles. The molecule has 0 fully saturated rings. The van der Waals surface area contributed by atoms with Crippen molar-refractivity contribution in [2.45, 2.75) is 276 Å². The van der Waals surface area contributed by atoms with Crippen LogP contribution in [0.5, 0.6) is 0 Å². The summed E-state index contributed by atoms with van der Waals surface area (Å²) in [7, 11) is -4.63. The number of aliphatic hydroxyl groups excluding tert-OH is 2. The first-order valence-corrected chi connectivity index (χ1v) is 28.3. The van der Waals surface area contributed by atoms with Crippen LogP contribution in [0.4, 0.5) is 0 Å². The van der Waals surface area contributed by atoms with Crippen LogP contribution >= 0.6 is 7.82 Å². The molecule has 0 spiro atoms. The van der Waals surface area contributed by atoms with Gasteiger partial charge < -0.3 is 24.6 Å². The Labute approximate surface area is 393 Å². The predicted molar refractivity (Wildman–Crippen MR) is 265 cm³/mol. The first-order valence-electron chi connectivity index (χ1n) is 26.8. The van der Waals surface area contributed by atoms with Crippen molar-refractivity contribution in [3.8, 4) is 0 Å². The molecule has 11 heteroatoms. The van der Waals surface area contributed by atoms with Gasteiger partial charge in [-0.15, -0.1) is 0 Å². The summed E-state index contributed by atoms with van der Waals surface area (Å²) in [6.07, 6.45) is 53.1. The summed E-state index contributed by atoms with van der Waals surface area (Å²) in [6, 6.07) is 0. The Bertz CT molecular complexity index is 1110. The van der Waals surface area contributed by atoms with Crippen LogP contribution in [0.1, 0.15) is 264 Å². The van der Waals surface area contributed by atoms with Crippen molar-refractivity contribution >= 4 is 19.8 Å². The molecule has 0 amide bonds. The van der Waals surface area contributed by atoms with E-state index < -0.39 is 51.8 Å². The lowest BCUT2D eigenvalue weighted by atomic mass is 10.0. The molecule has 3 N–H and O–H groups in total. The fraction of sp³-hybridized carbons (Fsp3) is 0.887. The molecule has 0 aromatic rings. The Morgan fingerprint density at radius 3 is 1.22 bits per heavy atom. The molecule has 0 radical (unpaired) electrons. The molecular weight excluding hydrogens is 828 g/mol. The van der Waals surface area contributed by atoms with Gasteiger partial charge in [0.2, 0.25) is 0 Å². The quantitative estimate of drug-likeness (QED) is 0.0233. The highest BCUT2D eigenvalue weighted by atomic mass is 31.2. The largest absolute Gasteiger partial charge is 0.472 e. The number of aliphatic hydroxyl groups is 2. The number of unbranched alkanes of at least 4 members (excludes halogenated alkanes) is 33. The van der Waals surface area contributed by atoms with Crippen LogP contribution in [-0.4, -0.2) is 65.7 Å². The molecular formula is C53H101O10P. The molecule has 0 saturated heterocycles. The second-order valence-corrected chi connectivity index (χ2v) is 19.7. The van der Waals surface area contributed by atoms with Crippen molar-refractivity contribution in [2.24, 2.45) is 0 Å². The Morgan fingerprint density at radius 2 is 0.797 bits per heavy atom. The van der Waals surface area contributed by atoms with Crippen LogP contribution in [0.15, 0.2) is 24.3 Å². The Kier molecular flexibility index (Phi) is 48.2. The standard InChI is InChI=1S/C53H101O10P/c1-3-5-7-9-11-13-15-17-19-21-23-24-25-26-27-29-31-33-35-37-39-41-43-45-53(57)63-51(49-62-64(58,59)61-47-50(55)46-54)48-60-52(56)44-42-40-38-36-34-32-30-28-22-20-18-16-14-12-10-8-6-4-2/h29,31,37,39,50-51,54-55H,3-28,30,32-36,38,40-49H2,1-2H3,(H,58,59)/b31-29+,39-37+/t50-,51+/m0/s1. The number of hydrogen-bond donors (Lipinski definition) is 3. The third-order valence-corrected chi connectivity index (χ3v) is 12.8. The number of phosphoric ester groups is 1. The van der Waals surface area contributed by atoms with E-state index in [-0.39, 0.29) is 19.4 Å². The van der Waals surface area contributed by atoms with Crippen molar-refractivity contribution in [3.63, 3.8) is 0 Å². The number of carbonyl (C=O) groups is 2. The topological polar surface area (TPSA) is 149 Å². The monoisotopic (exact) mass is 929 g/mol. The summed E-state index contributed by atoms with van der Waals surface area (Å²) in [5.74, 6) is -0.959. The zero-order valence-electron chi connectivity index (χ0n) is 41.5. The van der Waals surface area contributed by atoms with E-state index in [2.05, 4.69) is 38.2 Å². The summed E-state index contributed by atoms with van der Waals surface area (Å²) in [4.78, 5) is 35.2. The van der Waals surface area contributed by atoms with Crippen molar-refractivity contribution in [1.29, 1.82) is 0 Å². The summed E-state index contributed by atoms with van der Waals surface area (Å²) < 4.78 is 32.8. The minimum atomic E-state index is -4.63. The van der Waals surface area contributed by atoms with E-state index in [9.17, 15) is 24.2 Å². The molecule has 3 atom stereocenters. The molecule has 0 rings (SSSR count). The van der Waals surface area contributed by atoms with Crippen molar-refractivity contribution < 1.29 is 47.8 Å². The van der Waals surface area contributed by atoms with Gasteiger partial charge in [0.25, 0.3) is 0 Å². The van der Waals surface area contributed by atoms with Gasteiger partial charge in [0.05, 0.1) is 19.8 Å². The highest BCUT2D eigenvalue weighted by Gasteiger charge is 2.27. The van der Waals surface area contributed by atoms with E-state index in [0.717, 1.165) is 38.5 Å². The van der Waals surface area contributed by atoms with Gasteiger partial charge in [0, 0.05) is 12.8 Å². The van der Waals surface area contributed by atoms with Gasteiger partial charge in [-0.2, -0.15) is 0 Å². The van der Waals surface area contributed by atoms with Gasteiger partial charge in [0.15, 0.2) is 6.10 Å². The fourth-order valence-electron chi connectivity index (χ4n) is 7.72. The molecule has 0 aliphatic rings. The molecule has 0 aromatic carbocycles. The number of allylic oxidation sites excluding steroid dienone is 4. The molecule has 64 heavy (non-hydrogen) atoms. The van der Waals surface area contributed by atoms with Crippen LogP contribution in [0.2, 0.25) is 0 Å². The van der Waals surface area contributed by atoms with Crippen molar-refractivity contribution in [1.82, 2.24) is 0 Å². The van der Waals surface area contributed by atoms with Crippen LogP contribution in [-0.2, 0) is 32.7 Å². The highest BCUT2D eigenvalue weighted by Crippen LogP contribution is 2.43. The third-order valence-electron chi connectivity index (χ3n) is 11.8. The number of esters is 2. The molecule has 0 aliphatic carbocycles. The molecule has 1 unspecified atom stereocenters. The first-order chi connectivity index (χ1) is 31.2. The zero-order valence-corrected chi connectivity index (χ0v) is 42.4. The van der Waals surface area contributed by atoms with Crippen LogP contribution < -0.4 is 0 Å². The average Bonchev–Trinajstić information content (AvgIpc) is 3.28. The van der Waals surface area contributed by atoms with Gasteiger partial charge in [-0.1, -0.05) is 231 Å². The minimum Gasteiger partial charge on any atom is -0.462 e. The van der Waals surface area contributed by atoms with Crippen LogP contribution in [0, 0.1) is 0 Å². The lowest BCUT2D eigenvalue weighted by Gasteiger charge is -2.20. The number of hydrogen-bond acceptors (Lipinski definition) is 9. The van der Waals surface area contributed by atoms with E-state index >= 15 is 0 Å². The molecule has 0 bridgehead atoms. The Morgan fingerprint density at radius 1 is 0.453 bits per heavy atom. The second kappa shape index (κ2) is 49.4. The van der Waals surface area contributed by atoms with Crippen LogP contribution in [0.3, 0.4) is 0 Å². The van der Waals surface area contributed by atoms with Gasteiger partial charge in [-0.25, -0.2) is 4.57 Å². The minimum absolute atomic E-state index is 0.128. The van der Waals surface area contributed by atoms with E-state index in [1.807, 2.05) is 0 Å². The molecule has 0 heterocycles. The summed E-state index contributed by atoms with van der Waals surface area (Å²) in [5.41, 5.74) is 0. The maximum absolute atomic E-state index is 12.7. The van der Waals surface area contributed by atoms with E-state index in [0.29, 0.717) is 19.3 Å².